The first-order chi connectivity index (χ1) is 15.3. The number of nitrogens with zero attached hydrogens (tertiary/aromatic N) is 4. The predicted octanol–water partition coefficient (Wildman–Crippen LogP) is 5.61. The zero-order valence-corrected chi connectivity index (χ0v) is 16.2. The Labute approximate surface area is 177 Å². The summed E-state index contributed by atoms with van der Waals surface area (Å²) in [4.78, 5) is 13.0. The number of anilines is 2. The molecule has 0 unspecified atom stereocenters. The number of aromatic nitrogens is 4. The lowest BCUT2D eigenvalue weighted by atomic mass is 10.3. The standard InChI is InChI=1S/C21H14F5N5O/c22-12-7-15(23)19-16(8-12)31(20(30-19)11-1-2-11)18-10-27-9-17(29-18)28-13-3-5-14(6-4-13)32-21(24,25)26/h3-11H,1-2H2,(H,28,29). The van der Waals surface area contributed by atoms with Crippen molar-refractivity contribution in [1.82, 2.24) is 19.5 Å². The molecule has 2 aromatic carbocycles. The zero-order valence-electron chi connectivity index (χ0n) is 16.2. The third kappa shape index (κ3) is 4.05. The van der Waals surface area contributed by atoms with Gasteiger partial charge in [-0.25, -0.2) is 18.7 Å². The minimum atomic E-state index is -4.78. The van der Waals surface area contributed by atoms with Gasteiger partial charge in [-0.15, -0.1) is 13.2 Å². The van der Waals surface area contributed by atoms with E-state index in [9.17, 15) is 22.0 Å². The fourth-order valence-electron chi connectivity index (χ4n) is 3.39. The number of benzene rings is 2. The molecule has 2 aromatic heterocycles. The molecule has 1 N–H and O–H groups in total. The Bertz CT molecular complexity index is 1300. The van der Waals surface area contributed by atoms with Gasteiger partial charge in [0, 0.05) is 23.7 Å². The number of halogens is 5. The normalized spacial score (nSPS) is 14.0. The third-order valence-corrected chi connectivity index (χ3v) is 4.86. The van der Waals surface area contributed by atoms with Crippen LogP contribution >= 0.6 is 0 Å². The van der Waals surface area contributed by atoms with Gasteiger partial charge in [-0.1, -0.05) is 0 Å². The van der Waals surface area contributed by atoms with Crippen LogP contribution in [0.4, 0.5) is 33.5 Å². The van der Waals surface area contributed by atoms with Gasteiger partial charge in [-0.2, -0.15) is 0 Å². The Morgan fingerprint density at radius 3 is 2.44 bits per heavy atom. The summed E-state index contributed by atoms with van der Waals surface area (Å²) in [7, 11) is 0. The molecule has 0 atom stereocenters. The summed E-state index contributed by atoms with van der Waals surface area (Å²) in [5.74, 6) is -0.570. The van der Waals surface area contributed by atoms with Gasteiger partial charge >= 0.3 is 6.36 Å². The van der Waals surface area contributed by atoms with E-state index >= 15 is 0 Å². The van der Waals surface area contributed by atoms with Crippen molar-refractivity contribution < 1.29 is 26.7 Å². The lowest BCUT2D eigenvalue weighted by Gasteiger charge is -2.12. The van der Waals surface area contributed by atoms with E-state index < -0.39 is 18.0 Å². The molecule has 0 saturated heterocycles. The fourth-order valence-corrected chi connectivity index (χ4v) is 3.39. The van der Waals surface area contributed by atoms with E-state index in [2.05, 4.69) is 25.0 Å². The van der Waals surface area contributed by atoms with Gasteiger partial charge in [0.05, 0.1) is 17.9 Å². The number of nitrogens with one attached hydrogen (secondary N) is 1. The second-order valence-corrected chi connectivity index (χ2v) is 7.29. The smallest absolute Gasteiger partial charge is 0.406 e. The monoisotopic (exact) mass is 447 g/mol. The number of alkyl halides is 3. The van der Waals surface area contributed by atoms with Gasteiger partial charge in [0.25, 0.3) is 0 Å². The number of fused-ring (bicyclic) bond motifs is 1. The van der Waals surface area contributed by atoms with E-state index in [1.165, 1.54) is 30.6 Å². The zero-order chi connectivity index (χ0) is 22.5. The average Bonchev–Trinajstić information content (AvgIpc) is 3.49. The molecule has 0 bridgehead atoms. The first-order valence-electron chi connectivity index (χ1n) is 9.59. The summed E-state index contributed by atoms with van der Waals surface area (Å²) < 4.78 is 70.6. The van der Waals surface area contributed by atoms with Crippen molar-refractivity contribution in [1.29, 1.82) is 0 Å². The molecule has 0 aliphatic heterocycles. The lowest BCUT2D eigenvalue weighted by Crippen LogP contribution is -2.17. The Morgan fingerprint density at radius 1 is 1.00 bits per heavy atom. The molecular formula is C21H14F5N5O. The van der Waals surface area contributed by atoms with Crippen LogP contribution < -0.4 is 10.1 Å². The molecule has 1 fully saturated rings. The van der Waals surface area contributed by atoms with Crippen molar-refractivity contribution in [3.63, 3.8) is 0 Å². The molecule has 1 saturated carbocycles. The average molecular weight is 447 g/mol. The van der Waals surface area contributed by atoms with Crippen molar-refractivity contribution in [2.24, 2.45) is 0 Å². The largest absolute Gasteiger partial charge is 0.573 e. The summed E-state index contributed by atoms with van der Waals surface area (Å²) in [6.07, 6.45) is -0.154. The van der Waals surface area contributed by atoms with E-state index in [1.807, 2.05) is 0 Å². The second-order valence-electron chi connectivity index (χ2n) is 7.29. The molecule has 6 nitrogen and oxygen atoms in total. The van der Waals surface area contributed by atoms with Crippen molar-refractivity contribution >= 4 is 22.5 Å². The maximum atomic E-state index is 14.3. The van der Waals surface area contributed by atoms with Crippen molar-refractivity contribution in [3.05, 3.63) is 66.3 Å². The van der Waals surface area contributed by atoms with Gasteiger partial charge in [-0.3, -0.25) is 9.55 Å². The lowest BCUT2D eigenvalue weighted by molar-refractivity contribution is -0.274. The maximum absolute atomic E-state index is 14.3. The summed E-state index contributed by atoms with van der Waals surface area (Å²) in [5.41, 5.74) is 0.735. The van der Waals surface area contributed by atoms with Crippen LogP contribution in [-0.2, 0) is 0 Å². The molecular weight excluding hydrogens is 433 g/mol. The van der Waals surface area contributed by atoms with Crippen LogP contribution in [0.1, 0.15) is 24.6 Å². The summed E-state index contributed by atoms with van der Waals surface area (Å²) in [6, 6.07) is 7.08. The highest BCUT2D eigenvalue weighted by Crippen LogP contribution is 2.42. The molecule has 1 aliphatic rings. The second kappa shape index (κ2) is 7.43. The topological polar surface area (TPSA) is 64.9 Å². The highest BCUT2D eigenvalue weighted by Gasteiger charge is 2.32. The number of rotatable bonds is 5. The van der Waals surface area contributed by atoms with E-state index in [0.717, 1.165) is 31.0 Å². The number of imidazole rings is 1. The highest BCUT2D eigenvalue weighted by molar-refractivity contribution is 5.79. The van der Waals surface area contributed by atoms with Gasteiger partial charge in [0.1, 0.15) is 22.9 Å². The van der Waals surface area contributed by atoms with Crippen molar-refractivity contribution in [2.75, 3.05) is 5.32 Å². The summed E-state index contributed by atoms with van der Waals surface area (Å²) >= 11 is 0. The fraction of sp³-hybridized carbons (Fsp3) is 0.190. The van der Waals surface area contributed by atoms with Crippen LogP contribution in [-0.4, -0.2) is 25.9 Å². The van der Waals surface area contributed by atoms with E-state index in [0.29, 0.717) is 17.3 Å². The van der Waals surface area contributed by atoms with Gasteiger partial charge in [0.15, 0.2) is 17.5 Å². The molecule has 4 aromatic rings. The Balaban J connectivity index is 1.49. The minimum Gasteiger partial charge on any atom is -0.406 e. The Hall–Kier alpha value is -3.76. The molecule has 0 spiro atoms. The minimum absolute atomic E-state index is 0.0497. The quantitative estimate of drug-likeness (QED) is 0.403. The van der Waals surface area contributed by atoms with Crippen LogP contribution in [0.25, 0.3) is 16.9 Å². The SMILES string of the molecule is Fc1cc(F)c2nc(C3CC3)n(-c3cncc(Nc4ccc(OC(F)(F)F)cc4)n3)c2c1. The van der Waals surface area contributed by atoms with E-state index in [1.54, 1.807) is 4.57 Å². The molecule has 2 heterocycles. The molecule has 32 heavy (non-hydrogen) atoms. The van der Waals surface area contributed by atoms with Crippen LogP contribution in [0, 0.1) is 11.6 Å². The highest BCUT2D eigenvalue weighted by atomic mass is 19.4. The van der Waals surface area contributed by atoms with E-state index in [4.69, 9.17) is 0 Å². The Morgan fingerprint density at radius 2 is 1.75 bits per heavy atom. The molecule has 164 valence electrons. The van der Waals surface area contributed by atoms with E-state index in [-0.39, 0.29) is 28.5 Å². The van der Waals surface area contributed by atoms with Gasteiger partial charge in [0.2, 0.25) is 0 Å². The third-order valence-electron chi connectivity index (χ3n) is 4.86. The molecule has 5 rings (SSSR count). The summed E-state index contributed by atoms with van der Waals surface area (Å²) in [5, 5.41) is 2.94. The van der Waals surface area contributed by atoms with Gasteiger partial charge < -0.3 is 10.1 Å². The molecule has 0 radical (unpaired) electrons. The first-order valence-corrected chi connectivity index (χ1v) is 9.59. The van der Waals surface area contributed by atoms with Crippen LogP contribution in [0.3, 0.4) is 0 Å². The van der Waals surface area contributed by atoms with Crippen LogP contribution in [0.2, 0.25) is 0 Å². The number of ether oxygens (including phenoxy) is 1. The van der Waals surface area contributed by atoms with Crippen LogP contribution in [0.15, 0.2) is 48.8 Å². The number of hydrogen-bond acceptors (Lipinski definition) is 5. The van der Waals surface area contributed by atoms with Crippen LogP contribution in [0.5, 0.6) is 5.75 Å². The molecule has 1 aliphatic carbocycles. The Kier molecular flexibility index (Phi) is 4.68. The van der Waals surface area contributed by atoms with Gasteiger partial charge in [-0.05, 0) is 37.1 Å². The molecule has 0 amide bonds. The number of hydrogen-bond donors (Lipinski definition) is 1. The maximum Gasteiger partial charge on any atom is 0.573 e. The molecule has 11 heteroatoms. The van der Waals surface area contributed by atoms with Crippen molar-refractivity contribution in [3.8, 4) is 11.6 Å². The first kappa shape index (κ1) is 20.2. The predicted molar refractivity (Wildman–Crippen MR) is 105 cm³/mol. The van der Waals surface area contributed by atoms with Crippen molar-refractivity contribution in [2.45, 2.75) is 25.1 Å². The summed E-state index contributed by atoms with van der Waals surface area (Å²) in [6.45, 7) is 0.